The Kier molecular flexibility index (Phi) is 9.00. The van der Waals surface area contributed by atoms with Crippen LogP contribution in [0.1, 0.15) is 86.0 Å². The molecule has 7 saturated heterocycles. The van der Waals surface area contributed by atoms with Crippen LogP contribution in [-0.4, -0.2) is 73.3 Å². The fraction of sp³-hybridized carbons (Fsp3) is 0.889. The molecule has 294 valence electrons. The number of halogens is 6. The molecule has 2 saturated carbocycles. The van der Waals surface area contributed by atoms with E-state index < -0.39 is 90.2 Å². The lowest BCUT2D eigenvalue weighted by molar-refractivity contribution is -0.598. The molecule has 0 aromatic heterocycles. The molecule has 2 unspecified atom stereocenters. The summed E-state index contributed by atoms with van der Waals surface area (Å²) >= 11 is 0. The first kappa shape index (κ1) is 37.4. The highest BCUT2D eigenvalue weighted by molar-refractivity contribution is 5.28. The molecule has 8 heterocycles. The largest absolute Gasteiger partial charge is 0.456 e. The summed E-state index contributed by atoms with van der Waals surface area (Å²) in [5.41, 5.74) is -2.60. The van der Waals surface area contributed by atoms with Crippen molar-refractivity contribution in [3.63, 3.8) is 0 Å². The predicted molar refractivity (Wildman–Crippen MR) is 165 cm³/mol. The van der Waals surface area contributed by atoms with Crippen molar-refractivity contribution in [2.24, 2.45) is 41.4 Å². The van der Waals surface area contributed by atoms with Crippen molar-refractivity contribution in [2.75, 3.05) is 19.8 Å². The van der Waals surface area contributed by atoms with E-state index in [1.165, 1.54) is 19.1 Å². The van der Waals surface area contributed by atoms with Crippen molar-refractivity contribution < 1.29 is 74.3 Å². The van der Waals surface area contributed by atoms with Gasteiger partial charge in [0.2, 0.25) is 23.6 Å². The Morgan fingerprint density at radius 1 is 0.692 bits per heavy atom. The van der Waals surface area contributed by atoms with E-state index in [0.29, 0.717) is 51.4 Å². The molecular weight excluding hydrogens is 706 g/mol. The van der Waals surface area contributed by atoms with Crippen molar-refractivity contribution in [3.8, 4) is 0 Å². The molecule has 10 rings (SSSR count). The molecule has 16 heteroatoms. The number of rotatable bonds is 7. The lowest BCUT2D eigenvalue weighted by atomic mass is 9.57. The van der Waals surface area contributed by atoms with E-state index in [9.17, 15) is 13.2 Å². The minimum atomic E-state index is -4.94. The maximum Gasteiger partial charge on any atom is 0.449 e. The molecule has 0 N–H and O–H groups in total. The van der Waals surface area contributed by atoms with Gasteiger partial charge >= 0.3 is 12.4 Å². The monoisotopic (exact) mass is 754 g/mol. The highest BCUT2D eigenvalue weighted by Gasteiger charge is 2.77. The number of fused-ring (bicyclic) bond motifs is 4. The van der Waals surface area contributed by atoms with Crippen LogP contribution in [0, 0.1) is 41.4 Å². The topological polar surface area (TPSA) is 92.3 Å². The van der Waals surface area contributed by atoms with Crippen LogP contribution < -0.4 is 0 Å². The number of alkyl halides is 6. The SMILES string of the molecule is C[C@@H]1CC[C@H]2C(COCC=CCO[C@@]3(C(F)(F)F)O[C@@H]4O[C@]5(C)CCC6[C@H](C)CC[C@@H]([C@H]3C)[C@]64OO5)=C(C(F)(F)F)O[C@@H]3O[C@]4(C)CCC1[C@]32OO4. The lowest BCUT2D eigenvalue weighted by Crippen LogP contribution is -2.76. The molecule has 0 aromatic carbocycles. The van der Waals surface area contributed by atoms with Crippen LogP contribution in [-0.2, 0) is 48.0 Å². The maximum atomic E-state index is 15.1. The van der Waals surface area contributed by atoms with Gasteiger partial charge in [-0.2, -0.15) is 26.3 Å². The number of ether oxygens (including phenoxy) is 6. The van der Waals surface area contributed by atoms with Gasteiger partial charge in [0.15, 0.2) is 17.5 Å². The maximum absolute atomic E-state index is 15.1. The standard InChI is InChI=1S/C36H48F6O10/c1-19-8-10-25-21(3)34(36(40,41)42,48-29-32(25)23(19)12-15-31(5,47-29)50-51-32)44-17-7-6-16-43-18-22-26-11-9-20(2)24-13-14-30(4)46-28(33(24,26)52-49-30)45-27(22)35(37,38)39/h6-7,19-21,23-26,28-29H,8-18H2,1-5H3/t19-,20-,21-,23?,24?,25+,26+,28-,29+,30+,31+,32-,33-,34-/m1/s1. The molecule has 4 bridgehead atoms. The third kappa shape index (κ3) is 5.47. The summed E-state index contributed by atoms with van der Waals surface area (Å²) in [5, 5.41) is 0. The summed E-state index contributed by atoms with van der Waals surface area (Å²) in [5.74, 6) is -9.26. The third-order valence-electron chi connectivity index (χ3n) is 13.6. The van der Waals surface area contributed by atoms with Gasteiger partial charge in [-0.05, 0) is 70.1 Å². The molecule has 10 aliphatic rings. The first-order valence-electron chi connectivity index (χ1n) is 18.6. The van der Waals surface area contributed by atoms with Gasteiger partial charge in [0.1, 0.15) is 0 Å². The second-order valence-corrected chi connectivity index (χ2v) is 16.6. The van der Waals surface area contributed by atoms with Gasteiger partial charge in [-0.1, -0.05) is 32.9 Å². The van der Waals surface area contributed by atoms with Gasteiger partial charge in [0.05, 0.1) is 19.8 Å². The first-order chi connectivity index (χ1) is 24.4. The summed E-state index contributed by atoms with van der Waals surface area (Å²) in [4.78, 5) is 23.4. The summed E-state index contributed by atoms with van der Waals surface area (Å²) < 4.78 is 124. The van der Waals surface area contributed by atoms with E-state index in [4.69, 9.17) is 48.0 Å². The van der Waals surface area contributed by atoms with E-state index >= 15 is 13.2 Å². The van der Waals surface area contributed by atoms with Crippen LogP contribution in [0.5, 0.6) is 0 Å². The summed E-state index contributed by atoms with van der Waals surface area (Å²) in [6, 6.07) is 0. The van der Waals surface area contributed by atoms with Gasteiger partial charge in [-0.25, -0.2) is 19.6 Å². The van der Waals surface area contributed by atoms with Gasteiger partial charge in [-0.15, -0.1) is 0 Å². The predicted octanol–water partition coefficient (Wildman–Crippen LogP) is 7.78. The van der Waals surface area contributed by atoms with E-state index in [2.05, 4.69) is 6.92 Å². The number of hydrogen-bond donors (Lipinski definition) is 0. The van der Waals surface area contributed by atoms with Crippen molar-refractivity contribution in [3.05, 3.63) is 23.5 Å². The molecule has 8 aliphatic heterocycles. The van der Waals surface area contributed by atoms with E-state index in [1.54, 1.807) is 13.8 Å². The average Bonchev–Trinajstić information content (AvgIpc) is 3.44. The minimum Gasteiger partial charge on any atom is -0.456 e. The van der Waals surface area contributed by atoms with Crippen LogP contribution in [0.3, 0.4) is 0 Å². The fourth-order valence-corrected chi connectivity index (χ4v) is 10.9. The average molecular weight is 755 g/mol. The smallest absolute Gasteiger partial charge is 0.449 e. The zero-order chi connectivity index (χ0) is 37.1. The summed E-state index contributed by atoms with van der Waals surface area (Å²) in [6.07, 6.45) is -5.34. The number of hydrogen-bond acceptors (Lipinski definition) is 10. The zero-order valence-corrected chi connectivity index (χ0v) is 30.0. The Morgan fingerprint density at radius 3 is 1.94 bits per heavy atom. The normalized spacial score (nSPS) is 50.0. The molecule has 2 aliphatic carbocycles. The van der Waals surface area contributed by atoms with Crippen LogP contribution in [0.25, 0.3) is 0 Å². The molecule has 10 nitrogen and oxygen atoms in total. The second kappa shape index (κ2) is 12.5. The highest BCUT2D eigenvalue weighted by atomic mass is 19.4. The molecule has 9 fully saturated rings. The molecule has 2 spiro atoms. The third-order valence-corrected chi connectivity index (χ3v) is 13.6. The fourth-order valence-electron chi connectivity index (χ4n) is 10.9. The molecule has 0 amide bonds. The van der Waals surface area contributed by atoms with Crippen molar-refractivity contribution >= 4 is 0 Å². The van der Waals surface area contributed by atoms with Crippen molar-refractivity contribution in [1.29, 1.82) is 0 Å². The van der Waals surface area contributed by atoms with Crippen molar-refractivity contribution in [1.82, 2.24) is 0 Å². The van der Waals surface area contributed by atoms with Crippen LogP contribution in [0.4, 0.5) is 26.3 Å². The Hall–Kier alpha value is -1.50. The first-order valence-corrected chi connectivity index (χ1v) is 18.6. The van der Waals surface area contributed by atoms with Crippen LogP contribution in [0.15, 0.2) is 23.5 Å². The molecular formula is C36H48F6O10. The molecule has 14 atom stereocenters. The summed E-state index contributed by atoms with van der Waals surface area (Å²) in [6.45, 7) is 7.67. The van der Waals surface area contributed by atoms with Gasteiger partial charge < -0.3 is 28.4 Å². The Bertz CT molecular complexity index is 1460. The van der Waals surface area contributed by atoms with E-state index in [0.717, 1.165) is 0 Å². The molecule has 0 radical (unpaired) electrons. The van der Waals surface area contributed by atoms with E-state index in [1.807, 2.05) is 6.92 Å². The molecule has 52 heavy (non-hydrogen) atoms. The Morgan fingerprint density at radius 2 is 1.29 bits per heavy atom. The Balaban J connectivity index is 0.974. The highest BCUT2D eigenvalue weighted by Crippen LogP contribution is 2.65. The zero-order valence-electron chi connectivity index (χ0n) is 30.0. The van der Waals surface area contributed by atoms with Crippen LogP contribution in [0.2, 0.25) is 0 Å². The van der Waals surface area contributed by atoms with Gasteiger partial charge in [-0.3, -0.25) is 0 Å². The minimum absolute atomic E-state index is 0.102. The van der Waals surface area contributed by atoms with Gasteiger partial charge in [0, 0.05) is 42.1 Å². The quantitative estimate of drug-likeness (QED) is 0.111. The molecule has 0 aromatic rings. The summed E-state index contributed by atoms with van der Waals surface area (Å²) in [7, 11) is 0. The van der Waals surface area contributed by atoms with Crippen molar-refractivity contribution in [2.45, 2.75) is 139 Å². The van der Waals surface area contributed by atoms with Crippen LogP contribution >= 0.6 is 0 Å². The lowest BCUT2D eigenvalue weighted by Gasteiger charge is -2.62. The Labute approximate surface area is 298 Å². The second-order valence-electron chi connectivity index (χ2n) is 16.6. The van der Waals surface area contributed by atoms with Gasteiger partial charge in [0.25, 0.3) is 5.79 Å². The number of allylic oxidation sites excluding steroid dienone is 1. The van der Waals surface area contributed by atoms with E-state index in [-0.39, 0.29) is 35.9 Å².